The zero-order valence-corrected chi connectivity index (χ0v) is 8.57. The quantitative estimate of drug-likeness (QED) is 0.747. The maximum absolute atomic E-state index is 5.54. The van der Waals surface area contributed by atoms with Crippen LogP contribution in [0.4, 0.5) is 0 Å². The molecule has 0 amide bonds. The van der Waals surface area contributed by atoms with Gasteiger partial charge in [-0.05, 0) is 31.5 Å². The number of rotatable bonds is 5. The van der Waals surface area contributed by atoms with Gasteiger partial charge in [-0.15, -0.1) is 0 Å². The Bertz CT molecular complexity index is 328. The van der Waals surface area contributed by atoms with Gasteiger partial charge >= 0.3 is 0 Å². The van der Waals surface area contributed by atoms with Gasteiger partial charge in [0.05, 0.1) is 6.61 Å². The summed E-state index contributed by atoms with van der Waals surface area (Å²) in [4.78, 5) is 0. The van der Waals surface area contributed by atoms with Crippen molar-refractivity contribution in [2.45, 2.75) is 12.8 Å². The van der Waals surface area contributed by atoms with Crippen molar-refractivity contribution in [2.24, 2.45) is 5.73 Å². The van der Waals surface area contributed by atoms with E-state index in [2.05, 4.69) is 0 Å². The second-order valence-electron chi connectivity index (χ2n) is 3.36. The number of hydrogen-bond acceptors (Lipinski definition) is 4. The lowest BCUT2D eigenvalue weighted by atomic mass is 10.3. The van der Waals surface area contributed by atoms with Crippen molar-refractivity contribution in [3.05, 3.63) is 18.2 Å². The monoisotopic (exact) mass is 209 g/mol. The minimum atomic E-state index is 0.298. The third-order valence-electron chi connectivity index (χ3n) is 2.21. The van der Waals surface area contributed by atoms with E-state index in [-0.39, 0.29) is 0 Å². The molecule has 4 nitrogen and oxygen atoms in total. The highest BCUT2D eigenvalue weighted by atomic mass is 16.7. The number of hydrogen-bond donors (Lipinski definition) is 1. The minimum absolute atomic E-state index is 0.298. The Morgan fingerprint density at radius 1 is 1.20 bits per heavy atom. The van der Waals surface area contributed by atoms with E-state index in [4.69, 9.17) is 19.9 Å². The van der Waals surface area contributed by atoms with E-state index in [1.54, 1.807) is 0 Å². The molecule has 0 radical (unpaired) electrons. The van der Waals surface area contributed by atoms with Crippen LogP contribution in [-0.4, -0.2) is 19.9 Å². The van der Waals surface area contributed by atoms with E-state index >= 15 is 0 Å². The summed E-state index contributed by atoms with van der Waals surface area (Å²) in [5, 5.41) is 0. The lowest BCUT2D eigenvalue weighted by Gasteiger charge is -2.06. The molecule has 0 fully saturated rings. The van der Waals surface area contributed by atoms with Gasteiger partial charge in [0.15, 0.2) is 11.5 Å². The summed E-state index contributed by atoms with van der Waals surface area (Å²) in [5.41, 5.74) is 5.39. The molecular weight excluding hydrogens is 194 g/mol. The maximum atomic E-state index is 5.54. The summed E-state index contributed by atoms with van der Waals surface area (Å²) < 4.78 is 16.0. The molecule has 0 aromatic heterocycles. The molecule has 0 bridgehead atoms. The highest BCUT2D eigenvalue weighted by molar-refractivity contribution is 5.46. The van der Waals surface area contributed by atoms with Crippen LogP contribution in [0.15, 0.2) is 18.2 Å². The minimum Gasteiger partial charge on any atom is -0.493 e. The lowest BCUT2D eigenvalue weighted by Crippen LogP contribution is -2.03. The summed E-state index contributed by atoms with van der Waals surface area (Å²) in [6, 6.07) is 5.60. The van der Waals surface area contributed by atoms with Gasteiger partial charge in [0.2, 0.25) is 6.79 Å². The largest absolute Gasteiger partial charge is 0.493 e. The fourth-order valence-corrected chi connectivity index (χ4v) is 1.40. The van der Waals surface area contributed by atoms with Crippen LogP contribution in [0, 0.1) is 0 Å². The van der Waals surface area contributed by atoms with Crippen LogP contribution in [0.5, 0.6) is 17.2 Å². The molecule has 1 aromatic carbocycles. The average Bonchev–Trinajstić information content (AvgIpc) is 2.71. The molecule has 1 aliphatic rings. The molecule has 0 saturated heterocycles. The molecule has 1 aromatic rings. The van der Waals surface area contributed by atoms with Crippen molar-refractivity contribution in [3.63, 3.8) is 0 Å². The average molecular weight is 209 g/mol. The summed E-state index contributed by atoms with van der Waals surface area (Å²) in [6.45, 7) is 1.70. The van der Waals surface area contributed by atoms with Gasteiger partial charge in [-0.3, -0.25) is 0 Å². The summed E-state index contributed by atoms with van der Waals surface area (Å²) in [7, 11) is 0. The summed E-state index contributed by atoms with van der Waals surface area (Å²) in [5.74, 6) is 2.35. The van der Waals surface area contributed by atoms with Crippen LogP contribution in [0.2, 0.25) is 0 Å². The van der Waals surface area contributed by atoms with E-state index < -0.39 is 0 Å². The van der Waals surface area contributed by atoms with Crippen LogP contribution >= 0.6 is 0 Å². The Hall–Kier alpha value is -1.42. The molecule has 1 heterocycles. The molecule has 0 spiro atoms. The molecule has 0 unspecified atom stereocenters. The Morgan fingerprint density at radius 3 is 2.93 bits per heavy atom. The van der Waals surface area contributed by atoms with Crippen LogP contribution in [0.3, 0.4) is 0 Å². The predicted octanol–water partition coefficient (Wildman–Crippen LogP) is 1.53. The van der Waals surface area contributed by atoms with E-state index in [1.807, 2.05) is 18.2 Å². The summed E-state index contributed by atoms with van der Waals surface area (Å²) in [6.07, 6.45) is 1.97. The molecule has 15 heavy (non-hydrogen) atoms. The molecule has 2 N–H and O–H groups in total. The molecule has 2 rings (SSSR count). The van der Waals surface area contributed by atoms with Crippen molar-refractivity contribution >= 4 is 0 Å². The Kier molecular flexibility index (Phi) is 3.29. The topological polar surface area (TPSA) is 53.7 Å². The van der Waals surface area contributed by atoms with Crippen molar-refractivity contribution in [1.82, 2.24) is 0 Å². The molecule has 0 saturated carbocycles. The van der Waals surface area contributed by atoms with Crippen LogP contribution < -0.4 is 19.9 Å². The molecule has 0 aliphatic carbocycles. The van der Waals surface area contributed by atoms with E-state index in [0.29, 0.717) is 19.9 Å². The van der Waals surface area contributed by atoms with Gasteiger partial charge in [0.1, 0.15) is 5.75 Å². The molecule has 1 aliphatic heterocycles. The number of nitrogens with two attached hydrogens (primary N) is 1. The van der Waals surface area contributed by atoms with Crippen LogP contribution in [-0.2, 0) is 0 Å². The van der Waals surface area contributed by atoms with Gasteiger partial charge in [-0.2, -0.15) is 0 Å². The van der Waals surface area contributed by atoms with E-state index in [1.165, 1.54) is 0 Å². The number of fused-ring (bicyclic) bond motifs is 1. The number of unbranched alkanes of at least 4 members (excludes halogenated alkanes) is 1. The zero-order chi connectivity index (χ0) is 10.5. The molecule has 4 heteroatoms. The Balaban J connectivity index is 1.87. The third-order valence-corrected chi connectivity index (χ3v) is 2.21. The fraction of sp³-hybridized carbons (Fsp3) is 0.455. The smallest absolute Gasteiger partial charge is 0.231 e. The van der Waals surface area contributed by atoms with Gasteiger partial charge in [0, 0.05) is 6.07 Å². The first kappa shape index (κ1) is 10.1. The first-order valence-electron chi connectivity index (χ1n) is 5.12. The molecule has 0 atom stereocenters. The SMILES string of the molecule is NCCCCOc1ccc2c(c1)OCO2. The Labute approximate surface area is 88.9 Å². The highest BCUT2D eigenvalue weighted by Crippen LogP contribution is 2.35. The third kappa shape index (κ3) is 2.53. The molecular formula is C11H15NO3. The Morgan fingerprint density at radius 2 is 2.07 bits per heavy atom. The van der Waals surface area contributed by atoms with E-state index in [9.17, 15) is 0 Å². The number of ether oxygens (including phenoxy) is 3. The van der Waals surface area contributed by atoms with Gasteiger partial charge in [-0.1, -0.05) is 0 Å². The van der Waals surface area contributed by atoms with Crippen molar-refractivity contribution < 1.29 is 14.2 Å². The normalized spacial score (nSPS) is 12.9. The van der Waals surface area contributed by atoms with E-state index in [0.717, 1.165) is 30.1 Å². The van der Waals surface area contributed by atoms with Crippen molar-refractivity contribution in [1.29, 1.82) is 0 Å². The van der Waals surface area contributed by atoms with Crippen LogP contribution in [0.25, 0.3) is 0 Å². The maximum Gasteiger partial charge on any atom is 0.231 e. The summed E-state index contributed by atoms with van der Waals surface area (Å²) >= 11 is 0. The standard InChI is InChI=1S/C11H15NO3/c12-5-1-2-6-13-9-3-4-10-11(7-9)15-8-14-10/h3-4,7H,1-2,5-6,8,12H2. The van der Waals surface area contributed by atoms with Gasteiger partial charge in [0.25, 0.3) is 0 Å². The predicted molar refractivity (Wildman–Crippen MR) is 56.3 cm³/mol. The van der Waals surface area contributed by atoms with Gasteiger partial charge < -0.3 is 19.9 Å². The first-order valence-corrected chi connectivity index (χ1v) is 5.12. The number of benzene rings is 1. The molecule has 82 valence electrons. The second-order valence-corrected chi connectivity index (χ2v) is 3.36. The second kappa shape index (κ2) is 4.89. The lowest BCUT2D eigenvalue weighted by molar-refractivity contribution is 0.173. The fourth-order valence-electron chi connectivity index (χ4n) is 1.40. The zero-order valence-electron chi connectivity index (χ0n) is 8.57. The van der Waals surface area contributed by atoms with Crippen LogP contribution in [0.1, 0.15) is 12.8 Å². The van der Waals surface area contributed by atoms with Gasteiger partial charge in [-0.25, -0.2) is 0 Å². The first-order chi connectivity index (χ1) is 7.40. The van der Waals surface area contributed by atoms with Crippen molar-refractivity contribution in [2.75, 3.05) is 19.9 Å². The highest BCUT2D eigenvalue weighted by Gasteiger charge is 2.13. The van der Waals surface area contributed by atoms with Crippen molar-refractivity contribution in [3.8, 4) is 17.2 Å².